The second-order valence-electron chi connectivity index (χ2n) is 2.43. The maximum atomic E-state index is 12.7. The van der Waals surface area contributed by atoms with Crippen LogP contribution in [0.1, 0.15) is 0 Å². The third-order valence-corrected chi connectivity index (χ3v) is 2.48. The lowest BCUT2D eigenvalue weighted by atomic mass is 10.3. The highest BCUT2D eigenvalue weighted by Gasteiger charge is 2.21. The lowest BCUT2D eigenvalue weighted by molar-refractivity contribution is 0.346. The predicted molar refractivity (Wildman–Crippen MR) is 47.8 cm³/mol. The van der Waals surface area contributed by atoms with Crippen LogP contribution in [0.4, 0.5) is 3.89 Å². The van der Waals surface area contributed by atoms with Crippen LogP contribution in [0, 0.1) is 0 Å². The van der Waals surface area contributed by atoms with E-state index in [1.54, 1.807) is 0 Å². The first-order valence-electron chi connectivity index (χ1n) is 3.66. The summed E-state index contributed by atoms with van der Waals surface area (Å²) in [6, 6.07) is 3.96. The third-order valence-electron chi connectivity index (χ3n) is 1.63. The van der Waals surface area contributed by atoms with Gasteiger partial charge in [-0.05, 0) is 12.1 Å². The van der Waals surface area contributed by atoms with Gasteiger partial charge in [0.2, 0.25) is 0 Å². The number of methoxy groups -OCH3 is 2. The van der Waals surface area contributed by atoms with Crippen molar-refractivity contribution in [2.45, 2.75) is 4.90 Å². The van der Waals surface area contributed by atoms with Crippen molar-refractivity contribution in [1.82, 2.24) is 0 Å². The van der Waals surface area contributed by atoms with Gasteiger partial charge in [0.25, 0.3) is 0 Å². The van der Waals surface area contributed by atoms with Gasteiger partial charge in [-0.2, -0.15) is 8.42 Å². The molecule has 6 heteroatoms. The van der Waals surface area contributed by atoms with Gasteiger partial charge in [0.1, 0.15) is 4.90 Å². The number of halogens is 1. The number of rotatable bonds is 3. The molecule has 0 bridgehead atoms. The molecule has 0 aliphatic heterocycles. The Balaban J connectivity index is 3.45. The fourth-order valence-electron chi connectivity index (χ4n) is 1.05. The minimum Gasteiger partial charge on any atom is -0.493 e. The van der Waals surface area contributed by atoms with Crippen LogP contribution in [0.15, 0.2) is 23.1 Å². The topological polar surface area (TPSA) is 52.6 Å². The summed E-state index contributed by atoms with van der Waals surface area (Å²) in [5, 5.41) is 0. The van der Waals surface area contributed by atoms with E-state index in [4.69, 9.17) is 9.47 Å². The number of hydrogen-bond donors (Lipinski definition) is 0. The SMILES string of the molecule is COc1cccc(S(=O)(=O)F)c1OC. The lowest BCUT2D eigenvalue weighted by Gasteiger charge is -2.09. The van der Waals surface area contributed by atoms with Crippen molar-refractivity contribution in [2.75, 3.05) is 14.2 Å². The van der Waals surface area contributed by atoms with Crippen molar-refractivity contribution in [2.24, 2.45) is 0 Å². The van der Waals surface area contributed by atoms with Crippen molar-refractivity contribution in [1.29, 1.82) is 0 Å². The van der Waals surface area contributed by atoms with Gasteiger partial charge in [0.15, 0.2) is 11.5 Å². The fourth-order valence-corrected chi connectivity index (χ4v) is 1.70. The average molecular weight is 220 g/mol. The maximum Gasteiger partial charge on any atom is 0.335 e. The zero-order chi connectivity index (χ0) is 10.8. The van der Waals surface area contributed by atoms with Crippen LogP contribution in [0.3, 0.4) is 0 Å². The molecule has 0 N–H and O–H groups in total. The van der Waals surface area contributed by atoms with Gasteiger partial charge in [-0.15, -0.1) is 3.89 Å². The Morgan fingerprint density at radius 1 is 1.21 bits per heavy atom. The predicted octanol–water partition coefficient (Wildman–Crippen LogP) is 1.36. The van der Waals surface area contributed by atoms with Gasteiger partial charge in [-0.1, -0.05) is 6.07 Å². The molecule has 0 amide bonds. The van der Waals surface area contributed by atoms with Crippen molar-refractivity contribution in [3.63, 3.8) is 0 Å². The first-order valence-corrected chi connectivity index (χ1v) is 5.04. The Morgan fingerprint density at radius 3 is 2.29 bits per heavy atom. The number of ether oxygens (including phenoxy) is 2. The van der Waals surface area contributed by atoms with Crippen LogP contribution in [-0.4, -0.2) is 22.6 Å². The number of para-hydroxylation sites is 1. The van der Waals surface area contributed by atoms with Crippen LogP contribution in [-0.2, 0) is 10.2 Å². The Bertz CT molecular complexity index is 427. The number of benzene rings is 1. The summed E-state index contributed by atoms with van der Waals surface area (Å²) >= 11 is 0. The van der Waals surface area contributed by atoms with E-state index in [0.29, 0.717) is 0 Å². The van der Waals surface area contributed by atoms with Crippen molar-refractivity contribution < 1.29 is 21.8 Å². The summed E-state index contributed by atoms with van der Waals surface area (Å²) in [4.78, 5) is -0.528. The monoisotopic (exact) mass is 220 g/mol. The highest BCUT2D eigenvalue weighted by molar-refractivity contribution is 7.86. The van der Waals surface area contributed by atoms with E-state index in [0.717, 1.165) is 6.07 Å². The molecule has 1 aromatic carbocycles. The van der Waals surface area contributed by atoms with E-state index in [1.165, 1.54) is 26.4 Å². The molecule has 1 rings (SSSR count). The molecule has 0 fully saturated rings. The summed E-state index contributed by atoms with van der Waals surface area (Å²) in [6.07, 6.45) is 0. The maximum absolute atomic E-state index is 12.7. The fraction of sp³-hybridized carbons (Fsp3) is 0.250. The molecule has 0 aromatic heterocycles. The molecule has 78 valence electrons. The zero-order valence-corrected chi connectivity index (χ0v) is 8.47. The molecular formula is C8H9FO4S. The first-order chi connectivity index (χ1) is 6.50. The molecule has 0 aliphatic carbocycles. The van der Waals surface area contributed by atoms with E-state index in [1.807, 2.05) is 0 Å². The van der Waals surface area contributed by atoms with Crippen LogP contribution in [0.5, 0.6) is 11.5 Å². The molecule has 0 aliphatic rings. The summed E-state index contributed by atoms with van der Waals surface area (Å²) in [6.45, 7) is 0. The van der Waals surface area contributed by atoms with Gasteiger partial charge in [-0.3, -0.25) is 0 Å². The standard InChI is InChI=1S/C8H9FO4S/c1-12-6-4-3-5-7(8(6)13-2)14(9,10)11/h3-5H,1-2H3. The Morgan fingerprint density at radius 2 is 1.86 bits per heavy atom. The van der Waals surface area contributed by atoms with Gasteiger partial charge < -0.3 is 9.47 Å². The van der Waals surface area contributed by atoms with Gasteiger partial charge in [0.05, 0.1) is 14.2 Å². The minimum absolute atomic E-state index is 0.127. The van der Waals surface area contributed by atoms with Gasteiger partial charge in [-0.25, -0.2) is 0 Å². The highest BCUT2D eigenvalue weighted by Crippen LogP contribution is 2.34. The van der Waals surface area contributed by atoms with Gasteiger partial charge >= 0.3 is 10.2 Å². The molecule has 0 saturated carbocycles. The minimum atomic E-state index is -4.78. The quantitative estimate of drug-likeness (QED) is 0.722. The van der Waals surface area contributed by atoms with E-state index in [2.05, 4.69) is 0 Å². The highest BCUT2D eigenvalue weighted by atomic mass is 32.3. The Hall–Kier alpha value is -1.30. The van der Waals surface area contributed by atoms with E-state index in [9.17, 15) is 12.3 Å². The zero-order valence-electron chi connectivity index (χ0n) is 7.65. The van der Waals surface area contributed by atoms with E-state index >= 15 is 0 Å². The molecule has 0 radical (unpaired) electrons. The number of hydrogen-bond acceptors (Lipinski definition) is 4. The summed E-state index contributed by atoms with van der Waals surface area (Å²) < 4.78 is 43.6. The van der Waals surface area contributed by atoms with Crippen LogP contribution < -0.4 is 9.47 Å². The van der Waals surface area contributed by atoms with Crippen molar-refractivity contribution >= 4 is 10.2 Å². The summed E-state index contributed by atoms with van der Waals surface area (Å²) in [7, 11) is -2.20. The smallest absolute Gasteiger partial charge is 0.335 e. The largest absolute Gasteiger partial charge is 0.493 e. The first kappa shape index (κ1) is 10.8. The molecule has 0 unspecified atom stereocenters. The van der Waals surface area contributed by atoms with Crippen molar-refractivity contribution in [3.8, 4) is 11.5 Å². The molecule has 0 atom stereocenters. The van der Waals surface area contributed by atoms with Crippen LogP contribution >= 0.6 is 0 Å². The summed E-state index contributed by atoms with van der Waals surface area (Å²) in [5.41, 5.74) is 0. The second-order valence-corrected chi connectivity index (χ2v) is 3.75. The van der Waals surface area contributed by atoms with E-state index in [-0.39, 0.29) is 11.5 Å². The Kier molecular flexibility index (Phi) is 2.95. The molecule has 14 heavy (non-hydrogen) atoms. The summed E-state index contributed by atoms with van der Waals surface area (Å²) in [5.74, 6) is 0.0451. The third kappa shape index (κ3) is 1.95. The van der Waals surface area contributed by atoms with Crippen LogP contribution in [0.2, 0.25) is 0 Å². The molecule has 4 nitrogen and oxygen atoms in total. The molecule has 0 saturated heterocycles. The molecular weight excluding hydrogens is 211 g/mol. The average Bonchev–Trinajstić information content (AvgIpc) is 2.15. The molecule has 1 aromatic rings. The van der Waals surface area contributed by atoms with E-state index < -0.39 is 15.1 Å². The Labute approximate surface area is 81.5 Å². The second kappa shape index (κ2) is 3.83. The normalized spacial score (nSPS) is 11.1. The molecule has 0 heterocycles. The van der Waals surface area contributed by atoms with Gasteiger partial charge in [0, 0.05) is 0 Å². The van der Waals surface area contributed by atoms with Crippen molar-refractivity contribution in [3.05, 3.63) is 18.2 Å². The van der Waals surface area contributed by atoms with Crippen LogP contribution in [0.25, 0.3) is 0 Å². The molecule has 0 spiro atoms. The lowest BCUT2D eigenvalue weighted by Crippen LogP contribution is -1.99.